The monoisotopic (exact) mass is 494 g/mol. The predicted octanol–water partition coefficient (Wildman–Crippen LogP) is 5.07. The Kier molecular flexibility index (Phi) is 7.22. The summed E-state index contributed by atoms with van der Waals surface area (Å²) >= 11 is 0. The number of rotatable bonds is 7. The van der Waals surface area contributed by atoms with Gasteiger partial charge in [-0.3, -0.25) is 14.4 Å². The fourth-order valence-electron chi connectivity index (χ4n) is 4.22. The van der Waals surface area contributed by atoms with Crippen molar-refractivity contribution in [2.45, 2.75) is 74.3 Å². The third-order valence-electron chi connectivity index (χ3n) is 6.98. The molecule has 36 heavy (non-hydrogen) atoms. The molecule has 0 fully saturated rings. The van der Waals surface area contributed by atoms with E-state index in [-0.39, 0.29) is 28.4 Å². The second-order valence-corrected chi connectivity index (χ2v) is 10.9. The number of carbonyl (C=O) groups excluding carboxylic acids is 3. The van der Waals surface area contributed by atoms with E-state index in [2.05, 4.69) is 15.3 Å². The summed E-state index contributed by atoms with van der Waals surface area (Å²) < 4.78 is 0. The van der Waals surface area contributed by atoms with Crippen molar-refractivity contribution in [3.05, 3.63) is 40.7 Å². The van der Waals surface area contributed by atoms with Crippen LogP contribution >= 0.6 is 0 Å². The number of hydrogen-bond donors (Lipinski definition) is 2. The molecule has 0 aromatic heterocycles. The summed E-state index contributed by atoms with van der Waals surface area (Å²) in [5, 5.41) is 19.7. The first-order chi connectivity index (χ1) is 16.7. The van der Waals surface area contributed by atoms with Crippen LogP contribution in [0, 0.1) is 5.41 Å². The summed E-state index contributed by atoms with van der Waals surface area (Å²) in [6, 6.07) is 5.45. The minimum Gasteiger partial charge on any atom is -0.506 e. The molecule has 194 valence electrons. The Morgan fingerprint density at radius 3 is 2.11 bits per heavy atom. The highest BCUT2D eigenvalue weighted by Crippen LogP contribution is 2.43. The van der Waals surface area contributed by atoms with Gasteiger partial charge < -0.3 is 15.3 Å². The Hall–Kier alpha value is -3.42. The lowest BCUT2D eigenvalue weighted by Gasteiger charge is -2.29. The van der Waals surface area contributed by atoms with Gasteiger partial charge in [0.05, 0.1) is 33.7 Å². The number of nitrogens with one attached hydrogen (secondary N) is 1. The second-order valence-electron chi connectivity index (χ2n) is 10.9. The van der Waals surface area contributed by atoms with Crippen molar-refractivity contribution in [2.24, 2.45) is 10.5 Å². The highest BCUT2D eigenvalue weighted by Gasteiger charge is 2.45. The molecule has 0 bridgehead atoms. The van der Waals surface area contributed by atoms with Crippen LogP contribution in [0.1, 0.15) is 74.3 Å². The molecule has 0 saturated carbocycles. The van der Waals surface area contributed by atoms with Crippen LogP contribution in [0.4, 0.5) is 11.4 Å². The van der Waals surface area contributed by atoms with Crippen LogP contribution in [-0.4, -0.2) is 52.1 Å². The lowest BCUT2D eigenvalue weighted by Crippen LogP contribution is -2.40. The Morgan fingerprint density at radius 2 is 1.64 bits per heavy atom. The van der Waals surface area contributed by atoms with Crippen molar-refractivity contribution < 1.29 is 19.5 Å². The molecule has 0 atom stereocenters. The van der Waals surface area contributed by atoms with E-state index in [0.717, 1.165) is 18.8 Å². The first kappa shape index (κ1) is 27.2. The number of anilines is 2. The van der Waals surface area contributed by atoms with Gasteiger partial charge in [0.1, 0.15) is 5.76 Å². The molecule has 8 heteroatoms. The Morgan fingerprint density at radius 1 is 1.03 bits per heavy atom. The highest BCUT2D eigenvalue weighted by molar-refractivity contribution is 6.44. The summed E-state index contributed by atoms with van der Waals surface area (Å²) in [5.74, 6) is -1.29. The highest BCUT2D eigenvalue weighted by atomic mass is 16.3. The first-order valence-corrected chi connectivity index (χ1v) is 12.5. The Bertz CT molecular complexity index is 1210. The molecule has 2 aliphatic rings. The lowest BCUT2D eigenvalue weighted by atomic mass is 9.79. The number of carbonyl (C=O) groups is 3. The number of hydrazone groups is 1. The van der Waals surface area contributed by atoms with Gasteiger partial charge in [0, 0.05) is 29.8 Å². The molecule has 0 radical (unpaired) electrons. The van der Waals surface area contributed by atoms with Gasteiger partial charge in [0.25, 0.3) is 5.91 Å². The topological polar surface area (TPSA) is 102 Å². The van der Waals surface area contributed by atoms with E-state index in [1.165, 1.54) is 5.01 Å². The predicted molar refractivity (Wildman–Crippen MR) is 144 cm³/mol. The van der Waals surface area contributed by atoms with Gasteiger partial charge in [0.2, 0.25) is 11.7 Å². The maximum atomic E-state index is 13.4. The summed E-state index contributed by atoms with van der Waals surface area (Å²) in [7, 11) is 0. The molecular formula is C28H38N4O4. The summed E-state index contributed by atoms with van der Waals surface area (Å²) in [6.45, 7) is 18.5. The third kappa shape index (κ3) is 4.56. The summed E-state index contributed by atoms with van der Waals surface area (Å²) in [5.41, 5.74) is 1.15. The van der Waals surface area contributed by atoms with Gasteiger partial charge >= 0.3 is 0 Å². The maximum absolute atomic E-state index is 13.4. The minimum atomic E-state index is -0.615. The largest absolute Gasteiger partial charge is 0.506 e. The first-order valence-electron chi connectivity index (χ1n) is 12.5. The van der Waals surface area contributed by atoms with Crippen LogP contribution in [-0.2, 0) is 14.4 Å². The number of nitrogens with zero attached hydrogens (tertiary/aromatic N) is 3. The molecular weight excluding hydrogens is 456 g/mol. The van der Waals surface area contributed by atoms with Gasteiger partial charge in [-0.15, -0.1) is 0 Å². The number of ketones is 1. The van der Waals surface area contributed by atoms with E-state index in [4.69, 9.17) is 0 Å². The molecule has 8 nitrogen and oxygen atoms in total. The van der Waals surface area contributed by atoms with Crippen molar-refractivity contribution in [1.29, 1.82) is 0 Å². The van der Waals surface area contributed by atoms with Crippen LogP contribution in [0.15, 0.2) is 40.2 Å². The second kappa shape index (κ2) is 9.56. The van der Waals surface area contributed by atoms with E-state index in [1.807, 2.05) is 67.5 Å². The fraction of sp³-hybridized carbons (Fsp3) is 0.500. The van der Waals surface area contributed by atoms with Crippen LogP contribution < -0.4 is 10.2 Å². The van der Waals surface area contributed by atoms with Crippen LogP contribution in [0.5, 0.6) is 0 Å². The third-order valence-corrected chi connectivity index (χ3v) is 6.98. The van der Waals surface area contributed by atoms with Crippen molar-refractivity contribution >= 4 is 40.3 Å². The number of amides is 2. The van der Waals surface area contributed by atoms with E-state index in [9.17, 15) is 19.5 Å². The number of Topliss-reactive ketones (excluding diaryl/α,β-unsaturated/α-hetero) is 1. The normalized spacial score (nSPS) is 18.5. The fourth-order valence-corrected chi connectivity index (χ4v) is 4.22. The van der Waals surface area contributed by atoms with Gasteiger partial charge in [-0.25, -0.2) is 5.01 Å². The summed E-state index contributed by atoms with van der Waals surface area (Å²) in [4.78, 5) is 41.7. The van der Waals surface area contributed by atoms with Gasteiger partial charge in [0.15, 0.2) is 0 Å². The molecule has 2 amide bonds. The molecule has 1 aromatic rings. The number of aliphatic hydroxyl groups is 1. The van der Waals surface area contributed by atoms with Gasteiger partial charge in [-0.2, -0.15) is 5.10 Å². The molecule has 2 N–H and O–H groups in total. The number of allylic oxidation sites excluding steroid dienone is 2. The summed E-state index contributed by atoms with van der Waals surface area (Å²) in [6.07, 6.45) is 0.637. The molecule has 0 saturated heterocycles. The molecule has 1 aliphatic carbocycles. The van der Waals surface area contributed by atoms with Gasteiger partial charge in [-0.1, -0.05) is 20.8 Å². The zero-order chi connectivity index (χ0) is 27.2. The van der Waals surface area contributed by atoms with E-state index in [1.54, 1.807) is 13.0 Å². The number of benzene rings is 1. The van der Waals surface area contributed by atoms with E-state index in [0.29, 0.717) is 23.4 Å². The van der Waals surface area contributed by atoms with Crippen LogP contribution in [0.2, 0.25) is 0 Å². The average Bonchev–Trinajstić information content (AvgIpc) is 3.10. The van der Waals surface area contributed by atoms with Crippen LogP contribution in [0.3, 0.4) is 0 Å². The minimum absolute atomic E-state index is 0.0259. The van der Waals surface area contributed by atoms with E-state index >= 15 is 0 Å². The SMILES string of the molecule is CCN(CC)c1ccc(C2=C(O)C(=C3C(=O)N(C(C)(C)C)N=C3C)C2=O)c(NC(=O)C(C)(C)CC)c1. The Balaban J connectivity index is 2.14. The van der Waals surface area contributed by atoms with Crippen molar-refractivity contribution in [3.8, 4) is 0 Å². The molecule has 0 spiro atoms. The molecule has 0 unspecified atom stereocenters. The number of hydrogen-bond acceptors (Lipinski definition) is 6. The zero-order valence-corrected chi connectivity index (χ0v) is 22.9. The Labute approximate surface area is 213 Å². The zero-order valence-electron chi connectivity index (χ0n) is 22.9. The van der Waals surface area contributed by atoms with Crippen molar-refractivity contribution in [1.82, 2.24) is 5.01 Å². The van der Waals surface area contributed by atoms with Gasteiger partial charge in [-0.05, 0) is 66.2 Å². The average molecular weight is 495 g/mol. The van der Waals surface area contributed by atoms with Crippen molar-refractivity contribution in [2.75, 3.05) is 23.3 Å². The molecule has 1 aliphatic heterocycles. The number of aliphatic hydroxyl groups excluding tert-OH is 1. The lowest BCUT2D eigenvalue weighted by molar-refractivity contribution is -0.130. The molecule has 1 aromatic carbocycles. The van der Waals surface area contributed by atoms with E-state index < -0.39 is 22.6 Å². The standard InChI is InChI=1S/C28H38N4O4/c1-10-28(8,9)26(36)29-19-15-17(31(11-2)12-3)13-14-18(19)21-23(33)22(24(21)34)20-16(4)30-32(25(20)35)27(5,6)7/h13-15,33H,10-12H2,1-9H3,(H,29,36). The molecule has 3 rings (SSSR count). The quantitative estimate of drug-likeness (QED) is 0.515. The van der Waals surface area contributed by atoms with Crippen LogP contribution in [0.25, 0.3) is 5.57 Å². The molecule has 1 heterocycles. The maximum Gasteiger partial charge on any atom is 0.277 e. The smallest absolute Gasteiger partial charge is 0.277 e. The van der Waals surface area contributed by atoms with Crippen molar-refractivity contribution in [3.63, 3.8) is 0 Å².